The number of ether oxygens (including phenoxy) is 2. The summed E-state index contributed by atoms with van der Waals surface area (Å²) in [6.07, 6.45) is 1.63. The van der Waals surface area contributed by atoms with Gasteiger partial charge in [-0.1, -0.05) is 0 Å². The highest BCUT2D eigenvalue weighted by atomic mass is 16.5. The van der Waals surface area contributed by atoms with Crippen LogP contribution in [0.5, 0.6) is 5.75 Å². The number of rotatable bonds is 4. The maximum absolute atomic E-state index is 11.9. The number of hydrogen-bond donors (Lipinski definition) is 1. The van der Waals surface area contributed by atoms with Gasteiger partial charge < -0.3 is 14.8 Å². The molecule has 1 fully saturated rings. The van der Waals surface area contributed by atoms with E-state index in [1.54, 1.807) is 24.3 Å². The van der Waals surface area contributed by atoms with Crippen molar-refractivity contribution in [2.24, 2.45) is 0 Å². The molecule has 1 amide bonds. The predicted octanol–water partition coefficient (Wildman–Crippen LogP) is 2.01. The van der Waals surface area contributed by atoms with Gasteiger partial charge in [-0.25, -0.2) is 0 Å². The summed E-state index contributed by atoms with van der Waals surface area (Å²) in [4.78, 5) is 11.9. The van der Waals surface area contributed by atoms with E-state index in [9.17, 15) is 4.79 Å². The van der Waals surface area contributed by atoms with Crippen molar-refractivity contribution in [1.29, 1.82) is 5.26 Å². The smallest absolute Gasteiger partial charge is 0.258 e. The first-order valence-electron chi connectivity index (χ1n) is 7.05. The van der Waals surface area contributed by atoms with Gasteiger partial charge in [0.05, 0.1) is 17.2 Å². The minimum Gasteiger partial charge on any atom is -0.484 e. The standard InChI is InChI=1S/C16H20N2O3/c1-16(2)9-13(7-8-21-16)18-15(19)11-20-14-5-3-12(10-17)4-6-14/h3-6,13H,7-9,11H2,1-2H3,(H,18,19). The second kappa shape index (κ2) is 6.59. The number of nitrogens with one attached hydrogen (secondary N) is 1. The quantitative estimate of drug-likeness (QED) is 0.920. The number of carbonyl (C=O) groups is 1. The van der Waals surface area contributed by atoms with Crippen LogP contribution in [0.4, 0.5) is 0 Å². The fraction of sp³-hybridized carbons (Fsp3) is 0.500. The van der Waals surface area contributed by atoms with Gasteiger partial charge >= 0.3 is 0 Å². The molecule has 0 radical (unpaired) electrons. The van der Waals surface area contributed by atoms with Crippen molar-refractivity contribution >= 4 is 5.91 Å². The van der Waals surface area contributed by atoms with Crippen molar-refractivity contribution in [3.63, 3.8) is 0 Å². The molecule has 2 rings (SSSR count). The summed E-state index contributed by atoms with van der Waals surface area (Å²) in [5.41, 5.74) is 0.376. The zero-order chi connectivity index (χ0) is 15.3. The minimum atomic E-state index is -0.190. The average molecular weight is 288 g/mol. The number of carbonyl (C=O) groups excluding carboxylic acids is 1. The van der Waals surface area contributed by atoms with Crippen molar-refractivity contribution in [3.05, 3.63) is 29.8 Å². The highest BCUT2D eigenvalue weighted by Gasteiger charge is 2.29. The first-order valence-corrected chi connectivity index (χ1v) is 7.05. The van der Waals surface area contributed by atoms with E-state index in [-0.39, 0.29) is 24.2 Å². The van der Waals surface area contributed by atoms with Gasteiger partial charge in [0.25, 0.3) is 5.91 Å². The third kappa shape index (κ3) is 4.76. The summed E-state index contributed by atoms with van der Waals surface area (Å²) in [7, 11) is 0. The molecule has 0 aromatic heterocycles. The molecule has 1 aliphatic rings. The number of nitriles is 1. The molecule has 112 valence electrons. The Kier molecular flexibility index (Phi) is 4.81. The van der Waals surface area contributed by atoms with Gasteiger partial charge in [0, 0.05) is 12.6 Å². The van der Waals surface area contributed by atoms with Crippen LogP contribution >= 0.6 is 0 Å². The number of benzene rings is 1. The van der Waals surface area contributed by atoms with E-state index in [1.165, 1.54) is 0 Å². The van der Waals surface area contributed by atoms with E-state index in [0.29, 0.717) is 17.9 Å². The van der Waals surface area contributed by atoms with E-state index < -0.39 is 0 Å². The van der Waals surface area contributed by atoms with Gasteiger partial charge in [-0.05, 0) is 51.0 Å². The van der Waals surface area contributed by atoms with Crippen LogP contribution in [0.3, 0.4) is 0 Å². The van der Waals surface area contributed by atoms with Crippen molar-refractivity contribution in [3.8, 4) is 11.8 Å². The van der Waals surface area contributed by atoms with Crippen LogP contribution in [0.15, 0.2) is 24.3 Å². The Hall–Kier alpha value is -2.06. The normalized spacial score (nSPS) is 20.3. The molecule has 1 aromatic rings. The molecule has 1 aromatic carbocycles. The lowest BCUT2D eigenvalue weighted by Crippen LogP contribution is -2.47. The van der Waals surface area contributed by atoms with Gasteiger partial charge in [-0.2, -0.15) is 5.26 Å². The van der Waals surface area contributed by atoms with E-state index in [0.717, 1.165) is 12.8 Å². The van der Waals surface area contributed by atoms with Crippen LogP contribution in [0.25, 0.3) is 0 Å². The van der Waals surface area contributed by atoms with Crippen LogP contribution in [0.1, 0.15) is 32.3 Å². The molecule has 0 saturated carbocycles. The van der Waals surface area contributed by atoms with Gasteiger partial charge in [-0.15, -0.1) is 0 Å². The lowest BCUT2D eigenvalue weighted by Gasteiger charge is -2.35. The van der Waals surface area contributed by atoms with Crippen LogP contribution in [0.2, 0.25) is 0 Å². The molecule has 21 heavy (non-hydrogen) atoms. The Morgan fingerprint density at radius 1 is 1.48 bits per heavy atom. The Balaban J connectivity index is 1.78. The molecular weight excluding hydrogens is 268 g/mol. The summed E-state index contributed by atoms with van der Waals surface area (Å²) in [5, 5.41) is 11.7. The Bertz CT molecular complexity index is 531. The Morgan fingerprint density at radius 2 is 2.19 bits per heavy atom. The second-order valence-corrected chi connectivity index (χ2v) is 5.79. The Labute approximate surface area is 124 Å². The maximum atomic E-state index is 11.9. The molecule has 0 bridgehead atoms. The lowest BCUT2D eigenvalue weighted by atomic mass is 9.94. The molecule has 1 unspecified atom stereocenters. The average Bonchev–Trinajstić information content (AvgIpc) is 2.44. The van der Waals surface area contributed by atoms with Gasteiger partial charge in [-0.3, -0.25) is 4.79 Å². The van der Waals surface area contributed by atoms with Crippen molar-refractivity contribution < 1.29 is 14.3 Å². The summed E-state index contributed by atoms with van der Waals surface area (Å²) in [6.45, 7) is 4.69. The monoisotopic (exact) mass is 288 g/mol. The van der Waals surface area contributed by atoms with Gasteiger partial charge in [0.15, 0.2) is 6.61 Å². The van der Waals surface area contributed by atoms with Crippen LogP contribution in [-0.2, 0) is 9.53 Å². The molecule has 5 heteroatoms. The molecule has 0 spiro atoms. The highest BCUT2D eigenvalue weighted by Crippen LogP contribution is 2.23. The molecule has 5 nitrogen and oxygen atoms in total. The van der Waals surface area contributed by atoms with Crippen molar-refractivity contribution in [1.82, 2.24) is 5.32 Å². The van der Waals surface area contributed by atoms with Gasteiger partial charge in [0.2, 0.25) is 0 Å². The third-order valence-corrected chi connectivity index (χ3v) is 3.42. The molecule has 1 heterocycles. The SMILES string of the molecule is CC1(C)CC(NC(=O)COc2ccc(C#N)cc2)CCO1. The molecule has 1 aliphatic heterocycles. The van der Waals surface area contributed by atoms with Crippen LogP contribution in [-0.4, -0.2) is 30.8 Å². The second-order valence-electron chi connectivity index (χ2n) is 5.79. The topological polar surface area (TPSA) is 71.3 Å². The Morgan fingerprint density at radius 3 is 2.81 bits per heavy atom. The number of hydrogen-bond acceptors (Lipinski definition) is 4. The zero-order valence-corrected chi connectivity index (χ0v) is 12.4. The largest absolute Gasteiger partial charge is 0.484 e. The van der Waals surface area contributed by atoms with Crippen LogP contribution in [0, 0.1) is 11.3 Å². The van der Waals surface area contributed by atoms with Crippen molar-refractivity contribution in [2.45, 2.75) is 38.3 Å². The summed E-state index contributed by atoms with van der Waals surface area (Å²) in [5.74, 6) is 0.443. The predicted molar refractivity (Wildman–Crippen MR) is 77.8 cm³/mol. The van der Waals surface area contributed by atoms with E-state index in [4.69, 9.17) is 14.7 Å². The zero-order valence-electron chi connectivity index (χ0n) is 12.4. The summed E-state index contributed by atoms with van der Waals surface area (Å²) in [6, 6.07) is 8.85. The molecule has 0 aliphatic carbocycles. The molecule has 1 N–H and O–H groups in total. The maximum Gasteiger partial charge on any atom is 0.258 e. The van der Waals surface area contributed by atoms with Gasteiger partial charge in [0.1, 0.15) is 5.75 Å². The van der Waals surface area contributed by atoms with Crippen molar-refractivity contribution in [2.75, 3.05) is 13.2 Å². The summed E-state index contributed by atoms with van der Waals surface area (Å²) < 4.78 is 11.0. The molecular formula is C16H20N2O3. The van der Waals surface area contributed by atoms with Crippen LogP contribution < -0.4 is 10.1 Å². The van der Waals surface area contributed by atoms with E-state index in [2.05, 4.69) is 5.32 Å². The minimum absolute atomic E-state index is 0.0241. The first-order chi connectivity index (χ1) is 9.98. The fourth-order valence-corrected chi connectivity index (χ4v) is 2.40. The molecule has 1 saturated heterocycles. The number of amides is 1. The highest BCUT2D eigenvalue weighted by molar-refractivity contribution is 5.77. The number of nitrogens with zero attached hydrogens (tertiary/aromatic N) is 1. The third-order valence-electron chi connectivity index (χ3n) is 3.42. The fourth-order valence-electron chi connectivity index (χ4n) is 2.40. The molecule has 1 atom stereocenters. The summed E-state index contributed by atoms with van der Waals surface area (Å²) >= 11 is 0. The van der Waals surface area contributed by atoms with E-state index >= 15 is 0 Å². The first kappa shape index (κ1) is 15.3. The lowest BCUT2D eigenvalue weighted by molar-refractivity contribution is -0.126. The van der Waals surface area contributed by atoms with E-state index in [1.807, 2.05) is 19.9 Å².